The van der Waals surface area contributed by atoms with Crippen LogP contribution in [0, 0.1) is 0 Å². The van der Waals surface area contributed by atoms with Crippen molar-refractivity contribution in [1.82, 2.24) is 4.57 Å². The van der Waals surface area contributed by atoms with Crippen LogP contribution in [0.1, 0.15) is 0 Å². The number of nitrogens with one attached hydrogen (secondary N) is 1. The average molecular weight is 426 g/mol. The zero-order valence-corrected chi connectivity index (χ0v) is 15.3. The van der Waals surface area contributed by atoms with Gasteiger partial charge in [0.2, 0.25) is 5.91 Å². The molecule has 0 radical (unpaired) electrons. The molecule has 1 heterocycles. The second kappa shape index (κ2) is 6.97. The number of pyridine rings is 1. The number of amides is 1. The molecule has 0 bridgehead atoms. The van der Waals surface area contributed by atoms with E-state index in [4.69, 9.17) is 23.2 Å². The van der Waals surface area contributed by atoms with Crippen molar-refractivity contribution in [2.75, 3.05) is 5.32 Å². The summed E-state index contributed by atoms with van der Waals surface area (Å²) in [4.78, 5) is 24.3. The summed E-state index contributed by atoms with van der Waals surface area (Å²) in [6.45, 7) is 0.0529. The molecular formula is C17H11BrCl2N2O2. The second-order valence-electron chi connectivity index (χ2n) is 5.14. The molecule has 0 unspecified atom stereocenters. The molecule has 122 valence electrons. The Balaban J connectivity index is 1.88. The molecule has 0 aliphatic carbocycles. The highest BCUT2D eigenvalue weighted by molar-refractivity contribution is 9.10. The van der Waals surface area contributed by atoms with E-state index in [0.29, 0.717) is 26.6 Å². The van der Waals surface area contributed by atoms with Crippen molar-refractivity contribution in [2.24, 2.45) is 0 Å². The van der Waals surface area contributed by atoms with Crippen molar-refractivity contribution in [3.05, 3.63) is 73.4 Å². The summed E-state index contributed by atoms with van der Waals surface area (Å²) < 4.78 is 2.52. The van der Waals surface area contributed by atoms with Gasteiger partial charge in [0.05, 0.1) is 16.2 Å². The van der Waals surface area contributed by atoms with Gasteiger partial charge in [-0.25, -0.2) is 0 Å². The number of benzene rings is 2. The van der Waals surface area contributed by atoms with Crippen molar-refractivity contribution in [1.29, 1.82) is 0 Å². The summed E-state index contributed by atoms with van der Waals surface area (Å²) in [5, 5.41) is 4.15. The lowest BCUT2D eigenvalue weighted by Gasteiger charge is -2.12. The number of hydrogen-bond donors (Lipinski definition) is 1. The topological polar surface area (TPSA) is 51.1 Å². The Morgan fingerprint density at radius 2 is 1.92 bits per heavy atom. The summed E-state index contributed by atoms with van der Waals surface area (Å²) in [5.74, 6) is -0.257. The second-order valence-corrected chi connectivity index (χ2v) is 6.90. The molecule has 1 amide bonds. The zero-order chi connectivity index (χ0) is 17.3. The van der Waals surface area contributed by atoms with Gasteiger partial charge in [-0.1, -0.05) is 39.1 Å². The van der Waals surface area contributed by atoms with E-state index >= 15 is 0 Å². The van der Waals surface area contributed by atoms with Crippen molar-refractivity contribution in [2.45, 2.75) is 6.54 Å². The van der Waals surface area contributed by atoms with E-state index in [1.165, 1.54) is 6.07 Å². The number of fused-ring (bicyclic) bond motifs is 1. The summed E-state index contributed by atoms with van der Waals surface area (Å²) in [7, 11) is 0. The van der Waals surface area contributed by atoms with E-state index in [0.717, 1.165) is 4.47 Å². The third kappa shape index (κ3) is 3.64. The molecule has 0 saturated carbocycles. The van der Waals surface area contributed by atoms with Crippen LogP contribution in [0.2, 0.25) is 10.0 Å². The van der Waals surface area contributed by atoms with Crippen LogP contribution in [0.4, 0.5) is 5.69 Å². The first-order valence-electron chi connectivity index (χ1n) is 6.97. The van der Waals surface area contributed by atoms with Gasteiger partial charge < -0.3 is 9.88 Å². The normalized spacial score (nSPS) is 10.8. The Kier molecular flexibility index (Phi) is 4.94. The highest BCUT2D eigenvalue weighted by atomic mass is 79.9. The molecule has 0 spiro atoms. The van der Waals surface area contributed by atoms with Gasteiger partial charge in [-0.05, 0) is 36.4 Å². The van der Waals surface area contributed by atoms with Crippen LogP contribution < -0.4 is 10.7 Å². The minimum Gasteiger partial charge on any atom is -0.338 e. The van der Waals surface area contributed by atoms with E-state index in [-0.39, 0.29) is 17.9 Å². The number of nitrogens with zero attached hydrogens (tertiary/aromatic N) is 1. The van der Waals surface area contributed by atoms with Crippen LogP contribution in [0.5, 0.6) is 0 Å². The highest BCUT2D eigenvalue weighted by Gasteiger charge is 2.10. The van der Waals surface area contributed by atoms with Gasteiger partial charge in [-0.3, -0.25) is 9.59 Å². The molecule has 0 saturated heterocycles. The molecule has 0 fully saturated rings. The summed E-state index contributed by atoms with van der Waals surface area (Å²) in [6, 6.07) is 11.7. The maximum absolute atomic E-state index is 12.3. The molecule has 1 N–H and O–H groups in total. The molecule has 3 rings (SSSR count). The molecule has 2 aromatic carbocycles. The van der Waals surface area contributed by atoms with Gasteiger partial charge in [0.15, 0.2) is 5.43 Å². The van der Waals surface area contributed by atoms with Crippen molar-refractivity contribution in [3.63, 3.8) is 0 Å². The quantitative estimate of drug-likeness (QED) is 0.660. The zero-order valence-electron chi connectivity index (χ0n) is 12.2. The first-order chi connectivity index (χ1) is 11.4. The van der Waals surface area contributed by atoms with Crippen molar-refractivity contribution >= 4 is 61.6 Å². The maximum Gasteiger partial charge on any atom is 0.244 e. The number of anilines is 1. The van der Waals surface area contributed by atoms with E-state index in [1.54, 1.807) is 41.1 Å². The summed E-state index contributed by atoms with van der Waals surface area (Å²) >= 11 is 15.2. The van der Waals surface area contributed by atoms with Gasteiger partial charge in [-0.15, -0.1) is 0 Å². The summed E-state index contributed by atoms with van der Waals surface area (Å²) in [5.41, 5.74) is 1.07. The van der Waals surface area contributed by atoms with Crippen molar-refractivity contribution in [3.8, 4) is 0 Å². The monoisotopic (exact) mass is 424 g/mol. The molecular weight excluding hydrogens is 415 g/mol. The lowest BCUT2D eigenvalue weighted by atomic mass is 10.2. The molecule has 0 atom stereocenters. The van der Waals surface area contributed by atoms with E-state index in [9.17, 15) is 9.59 Å². The van der Waals surface area contributed by atoms with E-state index in [1.807, 2.05) is 6.07 Å². The van der Waals surface area contributed by atoms with Crippen LogP contribution in [0.3, 0.4) is 0 Å². The fourth-order valence-electron chi connectivity index (χ4n) is 2.36. The first kappa shape index (κ1) is 17.0. The van der Waals surface area contributed by atoms with Gasteiger partial charge >= 0.3 is 0 Å². The minimum atomic E-state index is -0.257. The molecule has 0 aliphatic heterocycles. The SMILES string of the molecule is O=C(Cn1ccc(=O)c2cc(Br)ccc21)Nc1ccc(Cl)cc1Cl. The Bertz CT molecular complexity index is 1000. The Morgan fingerprint density at radius 3 is 2.67 bits per heavy atom. The largest absolute Gasteiger partial charge is 0.338 e. The van der Waals surface area contributed by atoms with Crippen molar-refractivity contribution < 1.29 is 4.79 Å². The van der Waals surface area contributed by atoms with E-state index < -0.39 is 0 Å². The van der Waals surface area contributed by atoms with Crippen LogP contribution in [0.25, 0.3) is 10.9 Å². The standard InChI is InChI=1S/C17H11BrCl2N2O2/c18-10-1-4-15-12(7-10)16(23)5-6-22(15)9-17(24)21-14-3-2-11(19)8-13(14)20/h1-8H,9H2,(H,21,24). The third-order valence-corrected chi connectivity index (χ3v) is 4.50. The number of halogens is 3. The third-order valence-electron chi connectivity index (χ3n) is 3.46. The molecule has 4 nitrogen and oxygen atoms in total. The van der Waals surface area contributed by atoms with Gasteiger partial charge in [0, 0.05) is 27.1 Å². The van der Waals surface area contributed by atoms with Crippen LogP contribution in [-0.4, -0.2) is 10.5 Å². The number of carbonyl (C=O) groups is 1. The van der Waals surface area contributed by atoms with Crippen LogP contribution >= 0.6 is 39.1 Å². The molecule has 0 aliphatic rings. The number of carbonyl (C=O) groups excluding carboxylic acids is 1. The molecule has 3 aromatic rings. The Morgan fingerprint density at radius 1 is 1.12 bits per heavy atom. The lowest BCUT2D eigenvalue weighted by Crippen LogP contribution is -2.20. The number of rotatable bonds is 3. The Hall–Kier alpha value is -1.82. The van der Waals surface area contributed by atoms with E-state index in [2.05, 4.69) is 21.2 Å². The van der Waals surface area contributed by atoms with Crippen LogP contribution in [-0.2, 0) is 11.3 Å². The smallest absolute Gasteiger partial charge is 0.244 e. The highest BCUT2D eigenvalue weighted by Crippen LogP contribution is 2.25. The molecule has 24 heavy (non-hydrogen) atoms. The average Bonchev–Trinajstić information content (AvgIpc) is 2.53. The summed E-state index contributed by atoms with van der Waals surface area (Å²) in [6.07, 6.45) is 1.60. The fourth-order valence-corrected chi connectivity index (χ4v) is 3.17. The molecule has 7 heteroatoms. The Labute approximate surface area is 156 Å². The minimum absolute atomic E-state index is 0.0529. The number of aromatic nitrogens is 1. The van der Waals surface area contributed by atoms with Gasteiger partial charge in [-0.2, -0.15) is 0 Å². The predicted octanol–water partition coefficient (Wildman–Crippen LogP) is 4.71. The predicted molar refractivity (Wildman–Crippen MR) is 101 cm³/mol. The number of hydrogen-bond acceptors (Lipinski definition) is 2. The first-order valence-corrected chi connectivity index (χ1v) is 8.52. The molecule has 1 aromatic heterocycles. The van der Waals surface area contributed by atoms with Gasteiger partial charge in [0.25, 0.3) is 0 Å². The fraction of sp³-hybridized carbons (Fsp3) is 0.0588. The lowest BCUT2D eigenvalue weighted by molar-refractivity contribution is -0.116. The maximum atomic E-state index is 12.3. The van der Waals surface area contributed by atoms with Gasteiger partial charge in [0.1, 0.15) is 6.54 Å². The van der Waals surface area contributed by atoms with Crippen LogP contribution in [0.15, 0.2) is 57.9 Å².